The SMILES string of the molecule is COc1ccc(CC[C@H]2CCCCN2C(C)=O)cc1OC. The van der Waals surface area contributed by atoms with Crippen molar-refractivity contribution >= 4 is 5.91 Å². The quantitative estimate of drug-likeness (QED) is 0.837. The molecule has 1 aromatic carbocycles. The van der Waals surface area contributed by atoms with Gasteiger partial charge in [0.1, 0.15) is 0 Å². The molecule has 0 N–H and O–H groups in total. The molecule has 0 spiro atoms. The van der Waals surface area contributed by atoms with E-state index in [4.69, 9.17) is 9.47 Å². The molecule has 1 atom stereocenters. The maximum atomic E-state index is 11.7. The Morgan fingerprint density at radius 3 is 2.67 bits per heavy atom. The van der Waals surface area contributed by atoms with Crippen molar-refractivity contribution < 1.29 is 14.3 Å². The molecule has 0 aromatic heterocycles. The van der Waals surface area contributed by atoms with Crippen molar-refractivity contribution in [1.29, 1.82) is 0 Å². The lowest BCUT2D eigenvalue weighted by molar-refractivity contribution is -0.132. The molecule has 1 aliphatic rings. The Balaban J connectivity index is 2.00. The molecule has 4 nitrogen and oxygen atoms in total. The van der Waals surface area contributed by atoms with E-state index in [1.54, 1.807) is 21.1 Å². The molecule has 1 saturated heterocycles. The standard InChI is InChI=1S/C17H25NO3/c1-13(19)18-11-5-4-6-15(18)9-7-14-8-10-16(20-2)17(12-14)21-3/h8,10,12,15H,4-7,9,11H2,1-3H3/t15-/m1/s1. The van der Waals surface area contributed by atoms with Crippen LogP contribution in [0.25, 0.3) is 0 Å². The number of amides is 1. The van der Waals surface area contributed by atoms with Crippen LogP contribution in [0.4, 0.5) is 0 Å². The van der Waals surface area contributed by atoms with Gasteiger partial charge in [-0.3, -0.25) is 4.79 Å². The van der Waals surface area contributed by atoms with Crippen molar-refractivity contribution in [3.05, 3.63) is 23.8 Å². The van der Waals surface area contributed by atoms with Gasteiger partial charge < -0.3 is 14.4 Å². The summed E-state index contributed by atoms with van der Waals surface area (Å²) in [6.07, 6.45) is 5.43. The predicted molar refractivity (Wildman–Crippen MR) is 82.9 cm³/mol. The van der Waals surface area contributed by atoms with Crippen LogP contribution in [-0.4, -0.2) is 37.6 Å². The molecule has 0 saturated carbocycles. The number of benzene rings is 1. The van der Waals surface area contributed by atoms with Crippen molar-refractivity contribution in [3.8, 4) is 11.5 Å². The van der Waals surface area contributed by atoms with Crippen LogP contribution >= 0.6 is 0 Å². The Morgan fingerprint density at radius 1 is 1.24 bits per heavy atom. The Bertz CT molecular complexity index is 487. The van der Waals surface area contributed by atoms with E-state index in [-0.39, 0.29) is 5.91 Å². The highest BCUT2D eigenvalue weighted by atomic mass is 16.5. The van der Waals surface area contributed by atoms with Gasteiger partial charge in [-0.15, -0.1) is 0 Å². The third-order valence-corrected chi connectivity index (χ3v) is 4.25. The Kier molecular flexibility index (Phi) is 5.48. The lowest BCUT2D eigenvalue weighted by Gasteiger charge is -2.35. The number of likely N-dealkylation sites (tertiary alicyclic amines) is 1. The highest BCUT2D eigenvalue weighted by molar-refractivity contribution is 5.73. The number of nitrogens with zero attached hydrogens (tertiary/aromatic N) is 1. The molecule has 1 heterocycles. The van der Waals surface area contributed by atoms with E-state index in [0.717, 1.165) is 43.7 Å². The predicted octanol–water partition coefficient (Wildman–Crippen LogP) is 3.04. The van der Waals surface area contributed by atoms with Gasteiger partial charge in [-0.25, -0.2) is 0 Å². The van der Waals surface area contributed by atoms with E-state index in [0.29, 0.717) is 6.04 Å². The van der Waals surface area contributed by atoms with Crippen molar-refractivity contribution in [2.24, 2.45) is 0 Å². The summed E-state index contributed by atoms with van der Waals surface area (Å²) in [6.45, 7) is 2.58. The number of carbonyl (C=O) groups excluding carboxylic acids is 1. The van der Waals surface area contributed by atoms with E-state index in [9.17, 15) is 4.79 Å². The Labute approximate surface area is 127 Å². The number of hydrogen-bond acceptors (Lipinski definition) is 3. The molecular weight excluding hydrogens is 266 g/mol. The molecule has 1 fully saturated rings. The van der Waals surface area contributed by atoms with Gasteiger partial charge in [0, 0.05) is 19.5 Å². The molecule has 116 valence electrons. The minimum absolute atomic E-state index is 0.201. The van der Waals surface area contributed by atoms with Gasteiger partial charge in [0.25, 0.3) is 0 Å². The molecule has 2 rings (SSSR count). The van der Waals surface area contributed by atoms with Gasteiger partial charge >= 0.3 is 0 Å². The van der Waals surface area contributed by atoms with Gasteiger partial charge in [-0.1, -0.05) is 6.07 Å². The Hall–Kier alpha value is -1.71. The van der Waals surface area contributed by atoms with Crippen molar-refractivity contribution in [3.63, 3.8) is 0 Å². The normalized spacial score (nSPS) is 18.4. The Morgan fingerprint density at radius 2 is 2.00 bits per heavy atom. The van der Waals surface area contributed by atoms with Crippen LogP contribution in [0.3, 0.4) is 0 Å². The molecule has 1 aliphatic heterocycles. The van der Waals surface area contributed by atoms with E-state index in [1.807, 2.05) is 17.0 Å². The van der Waals surface area contributed by atoms with Gasteiger partial charge in [0.05, 0.1) is 14.2 Å². The second kappa shape index (κ2) is 7.34. The monoisotopic (exact) mass is 291 g/mol. The number of aryl methyl sites for hydroxylation is 1. The number of rotatable bonds is 5. The fraction of sp³-hybridized carbons (Fsp3) is 0.588. The van der Waals surface area contributed by atoms with Crippen LogP contribution in [0.2, 0.25) is 0 Å². The summed E-state index contributed by atoms with van der Waals surface area (Å²) in [5.41, 5.74) is 1.22. The van der Waals surface area contributed by atoms with Gasteiger partial charge in [-0.05, 0) is 49.8 Å². The first kappa shape index (κ1) is 15.7. The topological polar surface area (TPSA) is 38.8 Å². The van der Waals surface area contributed by atoms with Gasteiger partial charge in [0.15, 0.2) is 11.5 Å². The molecule has 0 radical (unpaired) electrons. The van der Waals surface area contributed by atoms with E-state index >= 15 is 0 Å². The lowest BCUT2D eigenvalue weighted by Crippen LogP contribution is -2.42. The first-order valence-corrected chi connectivity index (χ1v) is 7.63. The smallest absolute Gasteiger partial charge is 0.219 e. The summed E-state index contributed by atoms with van der Waals surface area (Å²) in [5.74, 6) is 1.72. The third kappa shape index (κ3) is 3.90. The largest absolute Gasteiger partial charge is 0.493 e. The first-order chi connectivity index (χ1) is 10.2. The van der Waals surface area contributed by atoms with E-state index in [2.05, 4.69) is 6.07 Å². The molecule has 0 aliphatic carbocycles. The minimum Gasteiger partial charge on any atom is -0.493 e. The summed E-state index contributed by atoms with van der Waals surface area (Å²) < 4.78 is 10.6. The van der Waals surface area contributed by atoms with Crippen LogP contribution in [0.5, 0.6) is 11.5 Å². The zero-order valence-electron chi connectivity index (χ0n) is 13.2. The summed E-state index contributed by atoms with van der Waals surface area (Å²) in [6, 6.07) is 6.42. The van der Waals surface area contributed by atoms with Crippen molar-refractivity contribution in [2.75, 3.05) is 20.8 Å². The van der Waals surface area contributed by atoms with Gasteiger partial charge in [-0.2, -0.15) is 0 Å². The minimum atomic E-state index is 0.201. The van der Waals surface area contributed by atoms with Gasteiger partial charge in [0.2, 0.25) is 5.91 Å². The average molecular weight is 291 g/mol. The molecule has 21 heavy (non-hydrogen) atoms. The summed E-state index contributed by atoms with van der Waals surface area (Å²) in [5, 5.41) is 0. The lowest BCUT2D eigenvalue weighted by atomic mass is 9.95. The number of piperidine rings is 1. The second-order valence-electron chi connectivity index (χ2n) is 5.59. The van der Waals surface area contributed by atoms with Crippen LogP contribution in [0.15, 0.2) is 18.2 Å². The third-order valence-electron chi connectivity index (χ3n) is 4.25. The van der Waals surface area contributed by atoms with Crippen LogP contribution in [-0.2, 0) is 11.2 Å². The zero-order valence-corrected chi connectivity index (χ0v) is 13.2. The second-order valence-corrected chi connectivity index (χ2v) is 5.59. The highest BCUT2D eigenvalue weighted by Gasteiger charge is 2.23. The molecule has 1 aromatic rings. The highest BCUT2D eigenvalue weighted by Crippen LogP contribution is 2.29. The molecule has 0 unspecified atom stereocenters. The fourth-order valence-electron chi connectivity index (χ4n) is 3.08. The number of methoxy groups -OCH3 is 2. The average Bonchev–Trinajstić information content (AvgIpc) is 2.52. The summed E-state index contributed by atoms with van der Waals surface area (Å²) >= 11 is 0. The fourth-order valence-corrected chi connectivity index (χ4v) is 3.08. The summed E-state index contributed by atoms with van der Waals surface area (Å²) in [7, 11) is 3.30. The van der Waals surface area contributed by atoms with Crippen molar-refractivity contribution in [2.45, 2.75) is 45.1 Å². The zero-order chi connectivity index (χ0) is 15.2. The maximum absolute atomic E-state index is 11.7. The summed E-state index contributed by atoms with van der Waals surface area (Å²) in [4.78, 5) is 13.7. The maximum Gasteiger partial charge on any atom is 0.219 e. The van der Waals surface area contributed by atoms with Crippen LogP contribution in [0, 0.1) is 0 Å². The van der Waals surface area contributed by atoms with E-state index < -0.39 is 0 Å². The molecular formula is C17H25NO3. The number of ether oxygens (including phenoxy) is 2. The van der Waals surface area contributed by atoms with E-state index in [1.165, 1.54) is 12.0 Å². The number of hydrogen-bond donors (Lipinski definition) is 0. The molecule has 4 heteroatoms. The van der Waals surface area contributed by atoms with Crippen molar-refractivity contribution in [1.82, 2.24) is 4.90 Å². The molecule has 1 amide bonds. The first-order valence-electron chi connectivity index (χ1n) is 7.63. The van der Waals surface area contributed by atoms with Crippen LogP contribution in [0.1, 0.15) is 38.2 Å². The van der Waals surface area contributed by atoms with Crippen LogP contribution < -0.4 is 9.47 Å². The number of carbonyl (C=O) groups is 1. The molecule has 0 bridgehead atoms.